The molecular formula is C26H27NO3. The first-order chi connectivity index (χ1) is 14.6. The molecule has 3 aromatic rings. The van der Waals surface area contributed by atoms with Gasteiger partial charge < -0.3 is 15.1 Å². The Bertz CT molecular complexity index is 1090. The van der Waals surface area contributed by atoms with Crippen molar-refractivity contribution in [1.82, 2.24) is 0 Å². The quantitative estimate of drug-likeness (QED) is 0.463. The maximum Gasteiger partial charge on any atom is 0.154 e. The van der Waals surface area contributed by atoms with Gasteiger partial charge in [-0.05, 0) is 71.8 Å². The van der Waals surface area contributed by atoms with Gasteiger partial charge in [0.2, 0.25) is 0 Å². The number of hydrogen-bond acceptors (Lipinski definition) is 4. The van der Waals surface area contributed by atoms with Crippen LogP contribution in [-0.2, 0) is 13.0 Å². The van der Waals surface area contributed by atoms with Crippen LogP contribution in [0.1, 0.15) is 63.5 Å². The zero-order valence-electron chi connectivity index (χ0n) is 17.4. The highest BCUT2D eigenvalue weighted by Gasteiger charge is 2.31. The molecule has 0 aromatic heterocycles. The molecular weight excluding hydrogens is 374 g/mol. The van der Waals surface area contributed by atoms with Gasteiger partial charge in [-0.3, -0.25) is 4.79 Å². The van der Waals surface area contributed by atoms with Crippen LogP contribution in [0.25, 0.3) is 0 Å². The summed E-state index contributed by atoms with van der Waals surface area (Å²) in [7, 11) is 0. The number of phenolic OH excluding ortho intramolecular Hbond substituents is 1. The first-order valence-electron chi connectivity index (χ1n) is 10.5. The standard InChI is InChI=1S/C26H27NO3/c1-3-27(4-2)19-9-10-21-18(13-19)14-23-22(11-12-25(30)24(23)16-29)26(21)20-8-6-5-7-17(20)15-28/h5-13,16,26,28,30H,3-4,14-15H2,1-2H3. The predicted octanol–water partition coefficient (Wildman–Crippen LogP) is 4.63. The first-order valence-corrected chi connectivity index (χ1v) is 10.5. The largest absolute Gasteiger partial charge is 0.507 e. The Kier molecular flexibility index (Phi) is 5.60. The van der Waals surface area contributed by atoms with Crippen molar-refractivity contribution in [3.05, 3.63) is 93.5 Å². The summed E-state index contributed by atoms with van der Waals surface area (Å²) >= 11 is 0. The molecule has 0 aliphatic heterocycles. The molecule has 4 rings (SSSR count). The molecule has 1 atom stereocenters. The van der Waals surface area contributed by atoms with E-state index in [1.54, 1.807) is 6.07 Å². The first kappa shape index (κ1) is 20.2. The Morgan fingerprint density at radius 2 is 1.73 bits per heavy atom. The van der Waals surface area contributed by atoms with Crippen molar-refractivity contribution in [2.45, 2.75) is 32.8 Å². The van der Waals surface area contributed by atoms with Crippen LogP contribution >= 0.6 is 0 Å². The van der Waals surface area contributed by atoms with Gasteiger partial charge in [0.25, 0.3) is 0 Å². The van der Waals surface area contributed by atoms with E-state index in [2.05, 4.69) is 36.9 Å². The number of rotatable bonds is 6. The number of phenols is 1. The third-order valence-corrected chi connectivity index (χ3v) is 6.27. The highest BCUT2D eigenvalue weighted by Crippen LogP contribution is 2.45. The van der Waals surface area contributed by atoms with E-state index in [1.165, 1.54) is 5.56 Å². The minimum atomic E-state index is -0.0999. The normalized spacial score (nSPS) is 14.7. The maximum atomic E-state index is 11.8. The van der Waals surface area contributed by atoms with Gasteiger partial charge in [0.1, 0.15) is 5.75 Å². The number of fused-ring (bicyclic) bond motifs is 2. The second-order valence-electron chi connectivity index (χ2n) is 7.71. The summed E-state index contributed by atoms with van der Waals surface area (Å²) in [5, 5.41) is 20.3. The molecule has 0 bridgehead atoms. The number of aromatic hydroxyl groups is 1. The SMILES string of the molecule is CCN(CC)c1ccc2c(c1)Cc1c(ccc(O)c1C=O)C2c1ccccc1CO. The minimum absolute atomic E-state index is 0.0151. The number of aldehydes is 1. The number of aliphatic hydroxyl groups excluding tert-OH is 1. The van der Waals surface area contributed by atoms with Crippen molar-refractivity contribution in [1.29, 1.82) is 0 Å². The number of hydrogen-bond donors (Lipinski definition) is 2. The Hall–Kier alpha value is -3.11. The molecule has 0 heterocycles. The van der Waals surface area contributed by atoms with E-state index in [1.807, 2.05) is 30.3 Å². The maximum absolute atomic E-state index is 11.8. The van der Waals surface area contributed by atoms with E-state index >= 15 is 0 Å². The molecule has 1 unspecified atom stereocenters. The zero-order valence-corrected chi connectivity index (χ0v) is 17.4. The number of benzene rings is 3. The van der Waals surface area contributed by atoms with Gasteiger partial charge >= 0.3 is 0 Å². The van der Waals surface area contributed by atoms with E-state index in [4.69, 9.17) is 0 Å². The van der Waals surface area contributed by atoms with Crippen LogP contribution in [0.15, 0.2) is 54.6 Å². The molecule has 0 amide bonds. The second-order valence-corrected chi connectivity index (χ2v) is 7.71. The lowest BCUT2D eigenvalue weighted by Gasteiger charge is -2.32. The summed E-state index contributed by atoms with van der Waals surface area (Å²) < 4.78 is 0. The highest BCUT2D eigenvalue weighted by molar-refractivity contribution is 5.84. The monoisotopic (exact) mass is 401 g/mol. The molecule has 4 heteroatoms. The van der Waals surface area contributed by atoms with Gasteiger partial charge in [0, 0.05) is 24.7 Å². The van der Waals surface area contributed by atoms with Gasteiger partial charge in [-0.25, -0.2) is 0 Å². The summed E-state index contributed by atoms with van der Waals surface area (Å²) in [5.41, 5.74) is 7.63. The van der Waals surface area contributed by atoms with Crippen LogP contribution in [0, 0.1) is 0 Å². The van der Waals surface area contributed by atoms with Crippen molar-refractivity contribution in [3.63, 3.8) is 0 Å². The summed E-state index contributed by atoms with van der Waals surface area (Å²) in [6.07, 6.45) is 1.35. The average Bonchev–Trinajstić information content (AvgIpc) is 2.78. The number of carbonyl (C=O) groups is 1. The molecule has 0 saturated heterocycles. The molecule has 2 N–H and O–H groups in total. The predicted molar refractivity (Wildman–Crippen MR) is 120 cm³/mol. The van der Waals surface area contributed by atoms with E-state index in [-0.39, 0.29) is 18.3 Å². The van der Waals surface area contributed by atoms with Crippen LogP contribution in [0.5, 0.6) is 5.75 Å². The lowest BCUT2D eigenvalue weighted by molar-refractivity contribution is 0.112. The van der Waals surface area contributed by atoms with E-state index < -0.39 is 0 Å². The lowest BCUT2D eigenvalue weighted by Crippen LogP contribution is -2.23. The van der Waals surface area contributed by atoms with Crippen molar-refractivity contribution in [2.24, 2.45) is 0 Å². The number of nitrogens with zero attached hydrogens (tertiary/aromatic N) is 1. The second kappa shape index (κ2) is 8.33. The minimum Gasteiger partial charge on any atom is -0.507 e. The van der Waals surface area contributed by atoms with Crippen LogP contribution in [0.2, 0.25) is 0 Å². The Balaban J connectivity index is 1.98. The van der Waals surface area contributed by atoms with Gasteiger partial charge in [-0.15, -0.1) is 0 Å². The van der Waals surface area contributed by atoms with Crippen LogP contribution in [0.4, 0.5) is 5.69 Å². The highest BCUT2D eigenvalue weighted by atomic mass is 16.3. The fraction of sp³-hybridized carbons (Fsp3) is 0.269. The number of aliphatic hydroxyl groups is 1. The van der Waals surface area contributed by atoms with E-state index in [9.17, 15) is 15.0 Å². The average molecular weight is 402 g/mol. The lowest BCUT2D eigenvalue weighted by atomic mass is 9.72. The number of anilines is 1. The van der Waals surface area contributed by atoms with Crippen LogP contribution in [0.3, 0.4) is 0 Å². The Morgan fingerprint density at radius 1 is 1.00 bits per heavy atom. The van der Waals surface area contributed by atoms with Crippen LogP contribution < -0.4 is 4.90 Å². The van der Waals surface area contributed by atoms with Gasteiger partial charge in [0.05, 0.1) is 12.2 Å². The molecule has 0 radical (unpaired) electrons. The van der Waals surface area contributed by atoms with E-state index in [0.29, 0.717) is 12.0 Å². The van der Waals surface area contributed by atoms with Gasteiger partial charge in [0.15, 0.2) is 6.29 Å². The Labute approximate surface area is 177 Å². The van der Waals surface area contributed by atoms with Gasteiger partial charge in [-0.1, -0.05) is 36.4 Å². The third-order valence-electron chi connectivity index (χ3n) is 6.27. The number of carbonyl (C=O) groups excluding carboxylic acids is 1. The molecule has 30 heavy (non-hydrogen) atoms. The third kappa shape index (κ3) is 3.27. The molecule has 0 spiro atoms. The van der Waals surface area contributed by atoms with Crippen LogP contribution in [-0.4, -0.2) is 29.6 Å². The summed E-state index contributed by atoms with van der Waals surface area (Å²) in [6, 6.07) is 18.0. The van der Waals surface area contributed by atoms with Crippen molar-refractivity contribution < 1.29 is 15.0 Å². The molecule has 154 valence electrons. The molecule has 1 aliphatic carbocycles. The van der Waals surface area contributed by atoms with Gasteiger partial charge in [-0.2, -0.15) is 0 Å². The molecule has 1 aliphatic rings. The van der Waals surface area contributed by atoms with Crippen molar-refractivity contribution in [2.75, 3.05) is 18.0 Å². The molecule has 3 aromatic carbocycles. The summed E-state index contributed by atoms with van der Waals surface area (Å²) in [5.74, 6) is -0.0848. The fourth-order valence-electron chi connectivity index (χ4n) is 4.73. The zero-order chi connectivity index (χ0) is 21.3. The smallest absolute Gasteiger partial charge is 0.154 e. The summed E-state index contributed by atoms with van der Waals surface area (Å²) in [6.45, 7) is 6.07. The van der Waals surface area contributed by atoms with E-state index in [0.717, 1.165) is 52.9 Å². The fourth-order valence-corrected chi connectivity index (χ4v) is 4.73. The molecule has 0 fully saturated rings. The molecule has 4 nitrogen and oxygen atoms in total. The Morgan fingerprint density at radius 3 is 2.43 bits per heavy atom. The summed E-state index contributed by atoms with van der Waals surface area (Å²) in [4.78, 5) is 14.1. The molecule has 0 saturated carbocycles. The van der Waals surface area contributed by atoms with Crippen molar-refractivity contribution >= 4 is 12.0 Å². The topological polar surface area (TPSA) is 60.8 Å². The van der Waals surface area contributed by atoms with Crippen molar-refractivity contribution in [3.8, 4) is 5.75 Å².